The first-order valence-corrected chi connectivity index (χ1v) is 42.1. The fraction of sp³-hybridized carbons (Fsp3) is 0.150. The number of rotatable bonds is 16. The second-order valence-corrected chi connectivity index (χ2v) is 35.4. The summed E-state index contributed by atoms with van der Waals surface area (Å²) in [5.41, 5.74) is 39.9. The highest BCUT2D eigenvalue weighted by atomic mass is 16.5. The summed E-state index contributed by atoms with van der Waals surface area (Å²) < 4.78 is 23.9. The largest absolute Gasteiger partial charge is 0.497 e. The molecule has 16 aromatic rings. The predicted molar refractivity (Wildman–Crippen MR) is 498 cm³/mol. The maximum absolute atomic E-state index is 5.97. The summed E-state index contributed by atoms with van der Waals surface area (Å²) in [6, 6.07) is 128. The van der Waals surface area contributed by atoms with Crippen LogP contribution in [-0.2, 0) is 27.1 Å². The fourth-order valence-electron chi connectivity index (χ4n) is 21.8. The van der Waals surface area contributed by atoms with E-state index in [0.29, 0.717) is 0 Å². The molecule has 0 heterocycles. The monoisotopic (exact) mass is 1570 g/mol. The van der Waals surface area contributed by atoms with Gasteiger partial charge in [0.2, 0.25) is 0 Å². The van der Waals surface area contributed by atoms with Crippen LogP contribution in [0.4, 0.5) is 68.2 Å². The SMILES string of the molecule is COc1ccc(N(c2ccc3c(c2)C(C)(C)c2ccccc2-3)c2ccc3c(c2)C2(c4cc(N(c5ccc(OC)cc5)c5ccc6c(c5)C(C)(C)c5ccccc5-6)ccc4-3)c3cc(N(c4ccc(OC)cc4)c4ccc5c(c4)C(C)(C)c4ccccc4-5)ccc3-c3ccc(N(c4ccc(OC)cc4)c4ccc5c(c4)C(C)(C)c4ccccc4-5)cc32)cc1. The van der Waals surface area contributed by atoms with E-state index in [2.05, 4.69) is 415 Å². The summed E-state index contributed by atoms with van der Waals surface area (Å²) in [7, 11) is 6.98. The third kappa shape index (κ3) is 10.8. The molecule has 0 N–H and O–H groups in total. The lowest BCUT2D eigenvalue weighted by Gasteiger charge is -2.35. The first-order valence-electron chi connectivity index (χ1n) is 42.1. The lowest BCUT2D eigenvalue weighted by atomic mass is 9.70. The zero-order valence-corrected chi connectivity index (χ0v) is 70.3. The molecule has 1 spiro atoms. The van der Waals surface area contributed by atoms with Crippen molar-refractivity contribution in [1.82, 2.24) is 0 Å². The van der Waals surface area contributed by atoms with Gasteiger partial charge in [-0.1, -0.05) is 201 Å². The van der Waals surface area contributed by atoms with Crippen molar-refractivity contribution >= 4 is 68.2 Å². The van der Waals surface area contributed by atoms with Crippen LogP contribution in [0.3, 0.4) is 0 Å². The van der Waals surface area contributed by atoms with E-state index in [1.165, 1.54) is 89.0 Å². The Hall–Kier alpha value is -14.1. The molecule has 8 nitrogen and oxygen atoms in total. The third-order valence-electron chi connectivity index (χ3n) is 27.9. The van der Waals surface area contributed by atoms with Crippen LogP contribution in [0.15, 0.2) is 340 Å². The minimum Gasteiger partial charge on any atom is -0.497 e. The Balaban J connectivity index is 0.841. The van der Waals surface area contributed by atoms with E-state index in [4.69, 9.17) is 18.9 Å². The Morgan fingerprint density at radius 3 is 0.488 bits per heavy atom. The first kappa shape index (κ1) is 73.3. The third-order valence-corrected chi connectivity index (χ3v) is 27.9. The van der Waals surface area contributed by atoms with E-state index in [1.54, 1.807) is 28.4 Å². The van der Waals surface area contributed by atoms with Crippen LogP contribution in [0.1, 0.15) is 122 Å². The molecule has 121 heavy (non-hydrogen) atoms. The van der Waals surface area contributed by atoms with Crippen molar-refractivity contribution in [2.45, 2.75) is 82.5 Å². The fourth-order valence-corrected chi connectivity index (χ4v) is 21.8. The zero-order chi connectivity index (χ0) is 82.3. The number of nitrogens with zero attached hydrogens (tertiary/aromatic N) is 4. The minimum absolute atomic E-state index is 0.274. The highest BCUT2D eigenvalue weighted by molar-refractivity contribution is 6.01. The lowest BCUT2D eigenvalue weighted by Crippen LogP contribution is -2.27. The number of anilines is 12. The van der Waals surface area contributed by atoms with E-state index in [9.17, 15) is 0 Å². The summed E-state index contributed by atoms with van der Waals surface area (Å²) >= 11 is 0. The van der Waals surface area contributed by atoms with E-state index < -0.39 is 5.41 Å². The first-order chi connectivity index (χ1) is 58.8. The Kier molecular flexibility index (Phi) is 16.3. The molecule has 6 aliphatic carbocycles. The van der Waals surface area contributed by atoms with Crippen LogP contribution in [0.2, 0.25) is 0 Å². The van der Waals surface area contributed by atoms with Gasteiger partial charge in [-0.3, -0.25) is 0 Å². The molecule has 0 atom stereocenters. The van der Waals surface area contributed by atoms with E-state index in [0.717, 1.165) is 136 Å². The minimum atomic E-state index is -1.06. The quantitative estimate of drug-likeness (QED) is 0.0949. The summed E-state index contributed by atoms with van der Waals surface area (Å²) in [6.07, 6.45) is 0. The number of methoxy groups -OCH3 is 4. The van der Waals surface area contributed by atoms with Crippen LogP contribution >= 0.6 is 0 Å². The highest BCUT2D eigenvalue weighted by Gasteiger charge is 2.54. The molecule has 0 saturated carbocycles. The van der Waals surface area contributed by atoms with Crippen LogP contribution in [0.5, 0.6) is 23.0 Å². The second-order valence-electron chi connectivity index (χ2n) is 35.4. The number of hydrogen-bond donors (Lipinski definition) is 0. The van der Waals surface area contributed by atoms with Gasteiger partial charge in [0.05, 0.1) is 33.9 Å². The molecule has 8 heteroatoms. The Morgan fingerprint density at radius 1 is 0.157 bits per heavy atom. The van der Waals surface area contributed by atoms with Crippen molar-refractivity contribution in [2.75, 3.05) is 48.0 Å². The molecule has 0 bridgehead atoms. The standard InChI is InChI=1S/C113H92N4O4/c1-109(2)97-25-17-13-21-85(97)89-53-37-73(61-101(89)109)114(69-29-45-81(118-9)46-30-69)77-41-57-93-94-58-42-78(115(70-31-47-82(119-10)48-32-70)74-38-54-90-86-22-14-18-26-98(86)110(3,4)102(90)62-74)66-106(94)113(105(93)65-77)107-67-79(116(71-33-49-83(120-11)50-34-71)75-39-55-91-87-23-15-19-27-99(87)111(5,6)103(91)63-75)43-59-95(107)96-60-44-80(68-108(96)113)117(72-35-51-84(121-12)52-36-72)76-40-56-92-88-24-16-20-28-100(88)112(7,8)104(92)64-76/h13-68H,1-12H3. The van der Waals surface area contributed by atoms with Crippen molar-refractivity contribution in [1.29, 1.82) is 0 Å². The average molecular weight is 1570 g/mol. The zero-order valence-electron chi connectivity index (χ0n) is 70.3. The Labute approximate surface area is 709 Å². The second kappa shape index (κ2) is 27.0. The molecular weight excluding hydrogens is 1480 g/mol. The average Bonchev–Trinajstić information content (AvgIpc) is 1.50. The molecule has 0 radical (unpaired) electrons. The molecule has 16 aromatic carbocycles. The van der Waals surface area contributed by atoms with Crippen molar-refractivity contribution in [2.24, 2.45) is 0 Å². The molecule has 22 rings (SSSR count). The lowest BCUT2D eigenvalue weighted by molar-refractivity contribution is 0.414. The van der Waals surface area contributed by atoms with Crippen LogP contribution in [0, 0.1) is 0 Å². The van der Waals surface area contributed by atoms with Crippen molar-refractivity contribution < 1.29 is 18.9 Å². The van der Waals surface area contributed by atoms with Crippen LogP contribution in [0.25, 0.3) is 66.8 Å². The van der Waals surface area contributed by atoms with Crippen molar-refractivity contribution in [3.63, 3.8) is 0 Å². The van der Waals surface area contributed by atoms with Gasteiger partial charge in [-0.05, 0) is 328 Å². The smallest absolute Gasteiger partial charge is 0.119 e. The highest BCUT2D eigenvalue weighted by Crippen LogP contribution is 2.67. The molecular formula is C113H92N4O4. The maximum atomic E-state index is 5.97. The molecule has 0 aromatic heterocycles. The van der Waals surface area contributed by atoms with Crippen LogP contribution < -0.4 is 38.5 Å². The molecule has 0 saturated heterocycles. The maximum Gasteiger partial charge on any atom is 0.119 e. The number of benzene rings is 16. The summed E-state index contributed by atoms with van der Waals surface area (Å²) in [5, 5.41) is 0. The van der Waals surface area contributed by atoms with Gasteiger partial charge < -0.3 is 38.5 Å². The Bertz CT molecular complexity index is 6130. The van der Waals surface area contributed by atoms with Gasteiger partial charge in [-0.2, -0.15) is 0 Å². The van der Waals surface area contributed by atoms with Gasteiger partial charge >= 0.3 is 0 Å². The van der Waals surface area contributed by atoms with E-state index in [-0.39, 0.29) is 21.7 Å². The normalized spacial score (nSPS) is 14.8. The van der Waals surface area contributed by atoms with Gasteiger partial charge in [0.1, 0.15) is 23.0 Å². The molecule has 6 aliphatic rings. The van der Waals surface area contributed by atoms with Gasteiger partial charge in [0, 0.05) is 89.9 Å². The van der Waals surface area contributed by atoms with Crippen molar-refractivity contribution in [3.05, 3.63) is 406 Å². The van der Waals surface area contributed by atoms with Gasteiger partial charge in [0.15, 0.2) is 0 Å². The Morgan fingerprint density at radius 2 is 0.306 bits per heavy atom. The van der Waals surface area contributed by atoms with Gasteiger partial charge in [0.25, 0.3) is 0 Å². The van der Waals surface area contributed by atoms with Gasteiger partial charge in [-0.25, -0.2) is 0 Å². The molecule has 0 aliphatic heterocycles. The predicted octanol–water partition coefficient (Wildman–Crippen LogP) is 29.2. The number of ether oxygens (including phenoxy) is 4. The molecule has 588 valence electrons. The summed E-state index contributed by atoms with van der Waals surface area (Å²) in [5.74, 6) is 3.13. The van der Waals surface area contributed by atoms with E-state index >= 15 is 0 Å². The molecule has 0 amide bonds. The molecule has 0 unspecified atom stereocenters. The number of fused-ring (bicyclic) bond motifs is 22. The van der Waals surface area contributed by atoms with Crippen LogP contribution in [-0.4, -0.2) is 28.4 Å². The number of hydrogen-bond acceptors (Lipinski definition) is 8. The summed E-state index contributed by atoms with van der Waals surface area (Å²) in [6.45, 7) is 19.0. The van der Waals surface area contributed by atoms with E-state index in [1.807, 2.05) is 0 Å². The van der Waals surface area contributed by atoms with Crippen molar-refractivity contribution in [3.8, 4) is 89.8 Å². The molecule has 0 fully saturated rings. The van der Waals surface area contributed by atoms with Gasteiger partial charge in [-0.15, -0.1) is 0 Å². The topological polar surface area (TPSA) is 49.9 Å². The summed E-state index contributed by atoms with van der Waals surface area (Å²) in [4.78, 5) is 9.90.